The Hall–Kier alpha value is -1.30. The van der Waals surface area contributed by atoms with Gasteiger partial charge in [-0.1, -0.05) is 23.7 Å². The number of hydrogen-bond acceptors (Lipinski definition) is 4. The first-order valence-corrected chi connectivity index (χ1v) is 8.36. The van der Waals surface area contributed by atoms with E-state index in [-0.39, 0.29) is 0 Å². The minimum Gasteiger partial charge on any atom is -0.453 e. The maximum Gasteiger partial charge on any atom is 0.406 e. The number of piperidine rings is 1. The number of ether oxygens (including phenoxy) is 2. The van der Waals surface area contributed by atoms with Gasteiger partial charge in [-0.3, -0.25) is 0 Å². The van der Waals surface area contributed by atoms with Crippen LogP contribution in [0.5, 0.6) is 0 Å². The highest BCUT2D eigenvalue weighted by Gasteiger charge is 2.37. The lowest BCUT2D eigenvalue weighted by Gasteiger charge is -2.40. The van der Waals surface area contributed by atoms with Crippen LogP contribution in [0.15, 0.2) is 24.3 Å². The Morgan fingerprint density at radius 3 is 3.00 bits per heavy atom. The molecule has 1 aromatic carbocycles. The average molecular weight is 341 g/mol. The summed E-state index contributed by atoms with van der Waals surface area (Å²) in [7, 11) is 1.35. The Bertz CT molecular complexity index is 520. The minimum absolute atomic E-state index is 0.354. The van der Waals surface area contributed by atoms with Gasteiger partial charge in [-0.15, -0.1) is 0 Å². The van der Waals surface area contributed by atoms with Crippen LogP contribution in [0.2, 0.25) is 5.02 Å². The van der Waals surface area contributed by atoms with Crippen molar-refractivity contribution in [2.75, 3.05) is 33.4 Å². The number of amides is 1. The van der Waals surface area contributed by atoms with Crippen molar-refractivity contribution in [3.8, 4) is 0 Å². The summed E-state index contributed by atoms with van der Waals surface area (Å²) in [4.78, 5) is 11.1. The third-order valence-electron chi connectivity index (χ3n) is 4.43. The standard InChI is InChI=1S/C17H25ClN2O3/c1-17(14-6-4-8-19-12-14,13-5-3-7-15(18)11-13)23-10-9-20-16(21)22-2/h3,5,7,11,14,19H,4,6,8-10,12H2,1-2H3,(H,20,21)/t14?,17-/m0/s1. The molecule has 0 radical (unpaired) electrons. The lowest BCUT2D eigenvalue weighted by molar-refractivity contribution is -0.0839. The van der Waals surface area contributed by atoms with Gasteiger partial charge in [-0.2, -0.15) is 0 Å². The Kier molecular flexibility index (Phi) is 6.69. The molecule has 1 aromatic rings. The second-order valence-electron chi connectivity index (χ2n) is 5.93. The highest BCUT2D eigenvalue weighted by molar-refractivity contribution is 6.30. The van der Waals surface area contributed by atoms with Gasteiger partial charge in [-0.25, -0.2) is 4.79 Å². The Labute approximate surface area is 142 Å². The fraction of sp³-hybridized carbons (Fsp3) is 0.588. The third-order valence-corrected chi connectivity index (χ3v) is 4.67. The zero-order valence-corrected chi connectivity index (χ0v) is 14.5. The van der Waals surface area contributed by atoms with Crippen molar-refractivity contribution >= 4 is 17.7 Å². The summed E-state index contributed by atoms with van der Waals surface area (Å²) in [6.45, 7) is 4.88. The van der Waals surface area contributed by atoms with Crippen molar-refractivity contribution in [1.29, 1.82) is 0 Å². The average Bonchev–Trinajstić information content (AvgIpc) is 2.59. The van der Waals surface area contributed by atoms with E-state index in [1.54, 1.807) is 0 Å². The van der Waals surface area contributed by atoms with Gasteiger partial charge < -0.3 is 20.1 Å². The van der Waals surface area contributed by atoms with E-state index in [1.165, 1.54) is 7.11 Å². The van der Waals surface area contributed by atoms with Crippen LogP contribution in [0.4, 0.5) is 4.79 Å². The number of benzene rings is 1. The molecule has 1 fully saturated rings. The molecule has 0 aliphatic carbocycles. The number of methoxy groups -OCH3 is 1. The van der Waals surface area contributed by atoms with E-state index in [4.69, 9.17) is 16.3 Å². The van der Waals surface area contributed by atoms with E-state index in [0.717, 1.165) is 31.5 Å². The molecule has 1 saturated heterocycles. The van der Waals surface area contributed by atoms with Crippen LogP contribution >= 0.6 is 11.6 Å². The molecular formula is C17H25ClN2O3. The summed E-state index contributed by atoms with van der Waals surface area (Å²) in [5.74, 6) is 0.354. The molecule has 1 aliphatic heterocycles. The van der Waals surface area contributed by atoms with Crippen molar-refractivity contribution in [2.24, 2.45) is 5.92 Å². The zero-order chi connectivity index (χ0) is 16.7. The van der Waals surface area contributed by atoms with Gasteiger partial charge in [0.1, 0.15) is 0 Å². The van der Waals surface area contributed by atoms with Gasteiger partial charge in [0, 0.05) is 24.0 Å². The Morgan fingerprint density at radius 2 is 2.35 bits per heavy atom. The summed E-state index contributed by atoms with van der Waals surface area (Å²) >= 11 is 6.17. The summed E-state index contributed by atoms with van der Waals surface area (Å²) in [5.41, 5.74) is 0.618. The topological polar surface area (TPSA) is 59.6 Å². The largest absolute Gasteiger partial charge is 0.453 e. The van der Waals surface area contributed by atoms with Crippen molar-refractivity contribution < 1.29 is 14.3 Å². The molecular weight excluding hydrogens is 316 g/mol. The molecule has 1 heterocycles. The van der Waals surface area contributed by atoms with Crippen molar-refractivity contribution in [3.63, 3.8) is 0 Å². The van der Waals surface area contributed by atoms with Gasteiger partial charge in [0.15, 0.2) is 0 Å². The maximum absolute atomic E-state index is 11.1. The van der Waals surface area contributed by atoms with Crippen LogP contribution in [-0.4, -0.2) is 39.4 Å². The highest BCUT2D eigenvalue weighted by atomic mass is 35.5. The summed E-state index contributed by atoms with van der Waals surface area (Å²) in [5, 5.41) is 6.79. The van der Waals surface area contributed by atoms with Crippen molar-refractivity contribution in [2.45, 2.75) is 25.4 Å². The molecule has 1 unspecified atom stereocenters. The number of carbonyl (C=O) groups excluding carboxylic acids is 1. The number of carbonyl (C=O) groups is 1. The van der Waals surface area contributed by atoms with Crippen molar-refractivity contribution in [3.05, 3.63) is 34.9 Å². The molecule has 2 atom stereocenters. The second-order valence-corrected chi connectivity index (χ2v) is 6.36. The molecule has 2 N–H and O–H groups in total. The predicted molar refractivity (Wildman–Crippen MR) is 90.8 cm³/mol. The summed E-state index contributed by atoms with van der Waals surface area (Å²) in [6, 6.07) is 7.82. The number of hydrogen-bond donors (Lipinski definition) is 2. The van der Waals surface area contributed by atoms with Crippen LogP contribution in [0, 0.1) is 5.92 Å². The Balaban J connectivity index is 2.09. The van der Waals surface area contributed by atoms with Crippen LogP contribution in [0.1, 0.15) is 25.3 Å². The first-order valence-electron chi connectivity index (χ1n) is 7.99. The molecule has 23 heavy (non-hydrogen) atoms. The van der Waals surface area contributed by atoms with Gasteiger partial charge >= 0.3 is 6.09 Å². The quantitative estimate of drug-likeness (QED) is 0.782. The third kappa shape index (κ3) is 4.83. The zero-order valence-electron chi connectivity index (χ0n) is 13.7. The van der Waals surface area contributed by atoms with Gasteiger partial charge in [0.05, 0.1) is 19.3 Å². The number of halogens is 1. The molecule has 2 rings (SSSR count). The van der Waals surface area contributed by atoms with Gasteiger partial charge in [-0.05, 0) is 44.0 Å². The second kappa shape index (κ2) is 8.52. The SMILES string of the molecule is COC(=O)NCCO[C@@](C)(c1cccc(Cl)c1)C1CCCNC1. The smallest absolute Gasteiger partial charge is 0.406 e. The van der Waals surface area contributed by atoms with Crippen LogP contribution < -0.4 is 10.6 Å². The molecule has 6 heteroatoms. The first-order chi connectivity index (χ1) is 11.1. The lowest BCUT2D eigenvalue weighted by atomic mass is 9.78. The van der Waals surface area contributed by atoms with Crippen LogP contribution in [-0.2, 0) is 15.1 Å². The number of alkyl carbamates (subject to hydrolysis) is 1. The number of nitrogens with one attached hydrogen (secondary N) is 2. The maximum atomic E-state index is 11.1. The Morgan fingerprint density at radius 1 is 1.52 bits per heavy atom. The van der Waals surface area contributed by atoms with E-state index >= 15 is 0 Å². The molecule has 0 aromatic heterocycles. The van der Waals surface area contributed by atoms with E-state index in [9.17, 15) is 4.79 Å². The monoisotopic (exact) mass is 340 g/mol. The fourth-order valence-corrected chi connectivity index (χ4v) is 3.23. The molecule has 1 amide bonds. The molecule has 0 saturated carbocycles. The van der Waals surface area contributed by atoms with E-state index in [2.05, 4.69) is 22.3 Å². The molecule has 128 valence electrons. The number of rotatable bonds is 6. The van der Waals surface area contributed by atoms with E-state index < -0.39 is 11.7 Å². The summed E-state index contributed by atoms with van der Waals surface area (Å²) in [6.07, 6.45) is 1.78. The van der Waals surface area contributed by atoms with E-state index in [1.807, 2.05) is 24.3 Å². The molecule has 0 spiro atoms. The predicted octanol–water partition coefficient (Wildman–Crippen LogP) is 2.93. The minimum atomic E-state index is -0.448. The van der Waals surface area contributed by atoms with E-state index in [0.29, 0.717) is 24.1 Å². The fourth-order valence-electron chi connectivity index (χ4n) is 3.04. The summed E-state index contributed by atoms with van der Waals surface area (Å²) < 4.78 is 10.8. The molecule has 0 bridgehead atoms. The lowest BCUT2D eigenvalue weighted by Crippen LogP contribution is -2.45. The van der Waals surface area contributed by atoms with Gasteiger partial charge in [0.2, 0.25) is 0 Å². The molecule has 5 nitrogen and oxygen atoms in total. The van der Waals surface area contributed by atoms with Crippen molar-refractivity contribution in [1.82, 2.24) is 10.6 Å². The van der Waals surface area contributed by atoms with Gasteiger partial charge in [0.25, 0.3) is 0 Å². The van der Waals surface area contributed by atoms with Crippen LogP contribution in [0.3, 0.4) is 0 Å². The highest BCUT2D eigenvalue weighted by Crippen LogP contribution is 2.38. The van der Waals surface area contributed by atoms with Crippen LogP contribution in [0.25, 0.3) is 0 Å². The normalized spacial score (nSPS) is 20.6. The first kappa shape index (κ1) is 18.0. The molecule has 1 aliphatic rings.